The Morgan fingerprint density at radius 1 is 1.00 bits per heavy atom. The van der Waals surface area contributed by atoms with Crippen LogP contribution in [0.25, 0.3) is 0 Å². The molecule has 0 radical (unpaired) electrons. The van der Waals surface area contributed by atoms with E-state index in [1.807, 2.05) is 7.05 Å². The van der Waals surface area contributed by atoms with Gasteiger partial charge in [-0.2, -0.15) is 0 Å². The molecule has 0 aliphatic rings. The van der Waals surface area contributed by atoms with Crippen molar-refractivity contribution in [1.82, 2.24) is 20.2 Å². The van der Waals surface area contributed by atoms with Crippen LogP contribution in [0.4, 0.5) is 17.3 Å². The number of anilines is 3. The van der Waals surface area contributed by atoms with E-state index in [-0.39, 0.29) is 11.8 Å². The molecule has 1 aromatic heterocycles. The molecule has 0 atom stereocenters. The van der Waals surface area contributed by atoms with E-state index in [9.17, 15) is 9.59 Å². The number of carbonyl (C=O) groups is 2. The maximum Gasteiger partial charge on any atom is 0.257 e. The van der Waals surface area contributed by atoms with E-state index in [4.69, 9.17) is 4.74 Å². The molecule has 0 aliphatic heterocycles. The number of likely N-dealkylation sites (N-methyl/N-ethyl adjacent to an activating group) is 1. The Labute approximate surface area is 213 Å². The Kier molecular flexibility index (Phi) is 9.56. The van der Waals surface area contributed by atoms with Gasteiger partial charge in [-0.3, -0.25) is 9.59 Å². The molecule has 3 rings (SSSR count). The fourth-order valence-corrected chi connectivity index (χ4v) is 3.68. The maximum absolute atomic E-state index is 12.6. The summed E-state index contributed by atoms with van der Waals surface area (Å²) in [6.45, 7) is 4.54. The van der Waals surface area contributed by atoms with Crippen LogP contribution in [-0.4, -0.2) is 60.5 Å². The van der Waals surface area contributed by atoms with Crippen LogP contribution in [0, 0.1) is 0 Å². The first kappa shape index (κ1) is 26.1. The van der Waals surface area contributed by atoms with E-state index in [2.05, 4.69) is 53.7 Å². The van der Waals surface area contributed by atoms with Gasteiger partial charge in [0.05, 0.1) is 30.8 Å². The van der Waals surface area contributed by atoms with Crippen LogP contribution in [0.1, 0.15) is 34.1 Å². The first-order valence-corrected chi connectivity index (χ1v) is 12.0. The average Bonchev–Trinajstić information content (AvgIpc) is 2.86. The highest BCUT2D eigenvalue weighted by molar-refractivity contribution is 9.10. The smallest absolute Gasteiger partial charge is 0.257 e. The zero-order valence-electron chi connectivity index (χ0n) is 20.0. The van der Waals surface area contributed by atoms with Crippen molar-refractivity contribution in [2.24, 2.45) is 0 Å². The van der Waals surface area contributed by atoms with E-state index in [0.29, 0.717) is 39.5 Å². The summed E-state index contributed by atoms with van der Waals surface area (Å²) in [5.41, 5.74) is 2.20. The fourth-order valence-electron chi connectivity index (χ4n) is 3.25. The number of benzene rings is 2. The number of nitrogens with one attached hydrogen (secondary N) is 3. The van der Waals surface area contributed by atoms with Crippen molar-refractivity contribution >= 4 is 45.1 Å². The summed E-state index contributed by atoms with van der Waals surface area (Å²) < 4.78 is 5.83. The van der Waals surface area contributed by atoms with Gasteiger partial charge in [-0.1, -0.05) is 6.92 Å². The second-order valence-electron chi connectivity index (χ2n) is 7.86. The SMILES string of the molecule is CCCN(C)CCNC(=O)c1ccc(Nc2ncc(NC(=O)c3cc(OC)ccc3Br)cn2)cc1. The van der Waals surface area contributed by atoms with Gasteiger partial charge in [0.2, 0.25) is 5.95 Å². The van der Waals surface area contributed by atoms with Crippen molar-refractivity contribution in [2.75, 3.05) is 44.4 Å². The average molecular weight is 541 g/mol. The number of carbonyl (C=O) groups excluding carboxylic acids is 2. The van der Waals surface area contributed by atoms with E-state index in [1.54, 1.807) is 49.6 Å². The minimum absolute atomic E-state index is 0.111. The van der Waals surface area contributed by atoms with Crippen LogP contribution in [0.2, 0.25) is 0 Å². The lowest BCUT2D eigenvalue weighted by molar-refractivity contribution is 0.0949. The topological polar surface area (TPSA) is 108 Å². The van der Waals surface area contributed by atoms with Crippen molar-refractivity contribution in [3.63, 3.8) is 0 Å². The van der Waals surface area contributed by atoms with Gasteiger partial charge in [0.25, 0.3) is 11.8 Å². The second kappa shape index (κ2) is 12.8. The summed E-state index contributed by atoms with van der Waals surface area (Å²) in [6, 6.07) is 12.2. The number of amides is 2. The highest BCUT2D eigenvalue weighted by Gasteiger charge is 2.12. The highest BCUT2D eigenvalue weighted by atomic mass is 79.9. The van der Waals surface area contributed by atoms with Gasteiger partial charge in [0, 0.05) is 28.8 Å². The lowest BCUT2D eigenvalue weighted by Crippen LogP contribution is -2.33. The first-order chi connectivity index (χ1) is 16.9. The van der Waals surface area contributed by atoms with Crippen LogP contribution in [0.15, 0.2) is 59.3 Å². The van der Waals surface area contributed by atoms with Gasteiger partial charge >= 0.3 is 0 Å². The Balaban J connectivity index is 1.53. The molecular weight excluding hydrogens is 512 g/mol. The molecule has 184 valence electrons. The lowest BCUT2D eigenvalue weighted by atomic mass is 10.2. The summed E-state index contributed by atoms with van der Waals surface area (Å²) in [4.78, 5) is 35.6. The molecule has 0 saturated carbocycles. The molecular formula is C25H29BrN6O3. The van der Waals surface area contributed by atoms with E-state index in [1.165, 1.54) is 12.4 Å². The Bertz CT molecular complexity index is 1140. The molecule has 2 aromatic carbocycles. The largest absolute Gasteiger partial charge is 0.497 e. The minimum atomic E-state index is -0.314. The highest BCUT2D eigenvalue weighted by Crippen LogP contribution is 2.23. The summed E-state index contributed by atoms with van der Waals surface area (Å²) in [6.07, 6.45) is 4.11. The molecule has 3 N–H and O–H groups in total. The molecule has 0 aliphatic carbocycles. The molecule has 0 saturated heterocycles. The van der Waals surface area contributed by atoms with Crippen molar-refractivity contribution in [1.29, 1.82) is 0 Å². The Hall–Kier alpha value is -3.50. The summed E-state index contributed by atoms with van der Waals surface area (Å²) in [7, 11) is 3.58. The predicted octanol–water partition coefficient (Wildman–Crippen LogP) is 4.32. The molecule has 0 bridgehead atoms. The van der Waals surface area contributed by atoms with Crippen molar-refractivity contribution < 1.29 is 14.3 Å². The van der Waals surface area contributed by atoms with Crippen LogP contribution in [-0.2, 0) is 0 Å². The standard InChI is InChI=1S/C25H29BrN6O3/c1-4-12-32(2)13-11-27-23(33)17-5-7-18(8-6-17)31-25-28-15-19(16-29-25)30-24(34)21-14-20(35-3)9-10-22(21)26/h5-10,14-16H,4,11-13H2,1-3H3,(H,27,33)(H,30,34)(H,28,29,31). The van der Waals surface area contributed by atoms with Crippen LogP contribution >= 0.6 is 15.9 Å². The maximum atomic E-state index is 12.6. The summed E-state index contributed by atoms with van der Waals surface area (Å²) >= 11 is 3.38. The Morgan fingerprint density at radius 2 is 1.71 bits per heavy atom. The zero-order chi connectivity index (χ0) is 25.2. The predicted molar refractivity (Wildman–Crippen MR) is 141 cm³/mol. The number of hydrogen-bond acceptors (Lipinski definition) is 7. The van der Waals surface area contributed by atoms with Crippen LogP contribution in [0.3, 0.4) is 0 Å². The number of halogens is 1. The molecule has 0 fully saturated rings. The van der Waals surface area contributed by atoms with E-state index >= 15 is 0 Å². The fraction of sp³-hybridized carbons (Fsp3) is 0.280. The molecule has 3 aromatic rings. The van der Waals surface area contributed by atoms with Crippen LogP contribution < -0.4 is 20.7 Å². The normalized spacial score (nSPS) is 10.7. The molecule has 2 amide bonds. The first-order valence-electron chi connectivity index (χ1n) is 11.2. The third-order valence-electron chi connectivity index (χ3n) is 5.12. The van der Waals surface area contributed by atoms with Gasteiger partial charge < -0.3 is 25.6 Å². The van der Waals surface area contributed by atoms with Crippen LogP contribution in [0.5, 0.6) is 5.75 Å². The number of nitrogens with zero attached hydrogens (tertiary/aromatic N) is 3. The third-order valence-corrected chi connectivity index (χ3v) is 5.81. The van der Waals surface area contributed by atoms with Crippen molar-refractivity contribution in [3.05, 3.63) is 70.5 Å². The number of hydrogen-bond donors (Lipinski definition) is 3. The molecule has 10 heteroatoms. The molecule has 0 spiro atoms. The second-order valence-corrected chi connectivity index (χ2v) is 8.71. The van der Waals surface area contributed by atoms with Gasteiger partial charge in [-0.05, 0) is 78.4 Å². The van der Waals surface area contributed by atoms with Crippen molar-refractivity contribution in [2.45, 2.75) is 13.3 Å². The van der Waals surface area contributed by atoms with Gasteiger partial charge in [-0.15, -0.1) is 0 Å². The monoisotopic (exact) mass is 540 g/mol. The molecule has 1 heterocycles. The number of rotatable bonds is 11. The number of methoxy groups -OCH3 is 1. The lowest BCUT2D eigenvalue weighted by Gasteiger charge is -2.15. The Morgan fingerprint density at radius 3 is 2.37 bits per heavy atom. The van der Waals surface area contributed by atoms with Gasteiger partial charge in [-0.25, -0.2) is 9.97 Å². The molecule has 9 nitrogen and oxygen atoms in total. The summed E-state index contributed by atoms with van der Waals surface area (Å²) in [5, 5.41) is 8.78. The number of aromatic nitrogens is 2. The van der Waals surface area contributed by atoms with Gasteiger partial charge in [0.1, 0.15) is 5.75 Å². The van der Waals surface area contributed by atoms with Gasteiger partial charge in [0.15, 0.2) is 0 Å². The molecule has 35 heavy (non-hydrogen) atoms. The van der Waals surface area contributed by atoms with Crippen molar-refractivity contribution in [3.8, 4) is 5.75 Å². The molecule has 0 unspecified atom stereocenters. The summed E-state index contributed by atoms with van der Waals surface area (Å²) in [5.74, 6) is 0.519. The third kappa shape index (κ3) is 7.76. The number of ether oxygens (including phenoxy) is 1. The zero-order valence-corrected chi connectivity index (χ0v) is 21.6. The van der Waals surface area contributed by atoms with E-state index in [0.717, 1.165) is 25.2 Å². The quantitative estimate of drug-likeness (QED) is 0.332. The minimum Gasteiger partial charge on any atom is -0.497 e. The van der Waals surface area contributed by atoms with E-state index < -0.39 is 0 Å².